The van der Waals surface area contributed by atoms with Crippen molar-refractivity contribution in [1.29, 1.82) is 0 Å². The van der Waals surface area contributed by atoms with Crippen LogP contribution in [-0.2, 0) is 5.41 Å². The van der Waals surface area contributed by atoms with Crippen LogP contribution in [-0.4, -0.2) is 40.9 Å². The van der Waals surface area contributed by atoms with E-state index in [4.69, 9.17) is 4.74 Å². The van der Waals surface area contributed by atoms with Gasteiger partial charge in [0.2, 0.25) is 0 Å². The van der Waals surface area contributed by atoms with Gasteiger partial charge in [-0.3, -0.25) is 0 Å². The smallest absolute Gasteiger partial charge is 0.166 e. The number of benzene rings is 1. The second kappa shape index (κ2) is 4.29. The van der Waals surface area contributed by atoms with Crippen molar-refractivity contribution in [3.8, 4) is 11.5 Å². The number of aliphatic hydroxyl groups is 1. The normalized spacial score (nSPS) is 35.7. The number of allylic oxidation sites excluding steroid dienone is 1. The Labute approximate surface area is 130 Å². The lowest BCUT2D eigenvalue weighted by Gasteiger charge is -2.42. The first-order valence-corrected chi connectivity index (χ1v) is 7.76. The Kier molecular flexibility index (Phi) is 2.67. The molecule has 4 nitrogen and oxygen atoms in total. The molecule has 0 bridgehead atoms. The Morgan fingerprint density at radius 1 is 1.36 bits per heavy atom. The summed E-state index contributed by atoms with van der Waals surface area (Å²) in [6.07, 6.45) is 3.73. The lowest BCUT2D eigenvalue weighted by Crippen LogP contribution is -2.52. The first-order chi connectivity index (χ1) is 10.5. The second-order valence-electron chi connectivity index (χ2n) is 6.70. The summed E-state index contributed by atoms with van der Waals surface area (Å²) in [6.45, 7) is 7.22. The highest BCUT2D eigenvalue weighted by Gasteiger charge is 2.58. The first-order valence-electron chi connectivity index (χ1n) is 7.76. The molecule has 2 N–H and O–H groups in total. The Balaban J connectivity index is 2.05. The molecule has 1 aliphatic carbocycles. The molecule has 0 saturated heterocycles. The Bertz CT molecular complexity index is 696. The van der Waals surface area contributed by atoms with E-state index < -0.39 is 6.10 Å². The predicted molar refractivity (Wildman–Crippen MR) is 84.8 cm³/mol. The van der Waals surface area contributed by atoms with Gasteiger partial charge >= 0.3 is 0 Å². The van der Waals surface area contributed by atoms with Crippen molar-refractivity contribution in [2.24, 2.45) is 5.92 Å². The van der Waals surface area contributed by atoms with E-state index in [0.717, 1.165) is 29.8 Å². The Hall–Kier alpha value is -1.94. The maximum Gasteiger partial charge on any atom is 0.166 e. The molecule has 3 aliphatic rings. The molecule has 0 aromatic heterocycles. The molecule has 0 amide bonds. The summed E-state index contributed by atoms with van der Waals surface area (Å²) in [6, 6.07) is 3.58. The predicted octanol–water partition coefficient (Wildman–Crippen LogP) is 2.26. The molecule has 2 heterocycles. The monoisotopic (exact) mass is 299 g/mol. The van der Waals surface area contributed by atoms with Gasteiger partial charge in [-0.1, -0.05) is 25.7 Å². The Morgan fingerprint density at radius 2 is 2.14 bits per heavy atom. The number of phenols is 1. The molecule has 4 rings (SSSR count). The average molecular weight is 299 g/mol. The van der Waals surface area contributed by atoms with Gasteiger partial charge < -0.3 is 19.8 Å². The van der Waals surface area contributed by atoms with E-state index in [-0.39, 0.29) is 23.2 Å². The van der Waals surface area contributed by atoms with Crippen LogP contribution in [0.1, 0.15) is 24.5 Å². The van der Waals surface area contributed by atoms with E-state index >= 15 is 0 Å². The van der Waals surface area contributed by atoms with Crippen LogP contribution in [0, 0.1) is 5.92 Å². The molecule has 4 atom stereocenters. The van der Waals surface area contributed by atoms with Gasteiger partial charge in [0.05, 0.1) is 0 Å². The van der Waals surface area contributed by atoms with Gasteiger partial charge in [0.25, 0.3) is 0 Å². The molecule has 22 heavy (non-hydrogen) atoms. The van der Waals surface area contributed by atoms with Crippen LogP contribution < -0.4 is 4.74 Å². The topological polar surface area (TPSA) is 52.9 Å². The summed E-state index contributed by atoms with van der Waals surface area (Å²) in [5.74, 6) is 0.889. The minimum Gasteiger partial charge on any atom is -0.504 e. The molecule has 0 unspecified atom stereocenters. The minimum absolute atomic E-state index is 0.143. The molecule has 4 heteroatoms. The fraction of sp³-hybridized carbons (Fsp3) is 0.444. The highest BCUT2D eigenvalue weighted by molar-refractivity contribution is 5.74. The maximum atomic E-state index is 10.5. The molecule has 1 aromatic carbocycles. The maximum absolute atomic E-state index is 10.5. The largest absolute Gasteiger partial charge is 0.504 e. The van der Waals surface area contributed by atoms with Crippen LogP contribution >= 0.6 is 0 Å². The standard InChI is InChI=1S/C18H21NO3/c1-10-4-6-14(21)17-18(10)8-9-19(3)11(2)12-5-7-13(20)16(22-17)15(12)18/h4-7,10,14,17,20-21H,2,8-9H2,1,3H3/t10-,14+,17+,18+/m1/s1. The lowest BCUT2D eigenvalue weighted by molar-refractivity contribution is 0.00480. The van der Waals surface area contributed by atoms with Crippen LogP contribution in [0.15, 0.2) is 30.9 Å². The van der Waals surface area contributed by atoms with Crippen molar-refractivity contribution in [2.75, 3.05) is 13.6 Å². The molecule has 2 aliphatic heterocycles. The van der Waals surface area contributed by atoms with Crippen molar-refractivity contribution in [1.82, 2.24) is 4.90 Å². The summed E-state index contributed by atoms with van der Waals surface area (Å²) in [4.78, 5) is 2.15. The summed E-state index contributed by atoms with van der Waals surface area (Å²) in [5.41, 5.74) is 2.66. The van der Waals surface area contributed by atoms with Gasteiger partial charge in [-0.05, 0) is 24.5 Å². The van der Waals surface area contributed by atoms with Crippen LogP contribution in [0.3, 0.4) is 0 Å². The number of rotatable bonds is 0. The summed E-state index contributed by atoms with van der Waals surface area (Å²) < 4.78 is 6.07. The highest BCUT2D eigenvalue weighted by Crippen LogP contribution is 2.59. The number of hydrogen-bond acceptors (Lipinski definition) is 4. The molecule has 1 spiro atoms. The number of ether oxygens (including phenoxy) is 1. The SMILES string of the molecule is C=C1c2ccc(O)c3c2[C@]2(CCN1C)[C@H](C)C=C[C@H](O)[C@@H]2O3. The zero-order chi connectivity index (χ0) is 15.6. The second-order valence-corrected chi connectivity index (χ2v) is 6.70. The van der Waals surface area contributed by atoms with E-state index in [1.807, 2.05) is 19.2 Å². The van der Waals surface area contributed by atoms with Crippen molar-refractivity contribution >= 4 is 5.70 Å². The van der Waals surface area contributed by atoms with Crippen LogP contribution in [0.2, 0.25) is 0 Å². The highest BCUT2D eigenvalue weighted by atomic mass is 16.5. The van der Waals surface area contributed by atoms with Crippen LogP contribution in [0.4, 0.5) is 0 Å². The van der Waals surface area contributed by atoms with E-state index in [2.05, 4.69) is 24.5 Å². The van der Waals surface area contributed by atoms with Crippen LogP contribution in [0.5, 0.6) is 11.5 Å². The van der Waals surface area contributed by atoms with Crippen LogP contribution in [0.25, 0.3) is 5.70 Å². The van der Waals surface area contributed by atoms with Gasteiger partial charge in [-0.25, -0.2) is 0 Å². The molecule has 116 valence electrons. The van der Waals surface area contributed by atoms with Gasteiger partial charge in [0.1, 0.15) is 12.2 Å². The van der Waals surface area contributed by atoms with E-state index in [0.29, 0.717) is 5.75 Å². The fourth-order valence-electron chi connectivity index (χ4n) is 4.37. The summed E-state index contributed by atoms with van der Waals surface area (Å²) in [5, 5.41) is 20.7. The quantitative estimate of drug-likeness (QED) is 0.722. The van der Waals surface area contributed by atoms with Gasteiger partial charge in [-0.15, -0.1) is 0 Å². The molecular formula is C18H21NO3. The molecule has 0 radical (unpaired) electrons. The van der Waals surface area contributed by atoms with Crippen molar-refractivity contribution in [2.45, 2.75) is 31.0 Å². The zero-order valence-corrected chi connectivity index (χ0v) is 12.9. The third-order valence-electron chi connectivity index (χ3n) is 5.71. The molecular weight excluding hydrogens is 278 g/mol. The third kappa shape index (κ3) is 1.46. The van der Waals surface area contributed by atoms with Crippen molar-refractivity contribution < 1.29 is 14.9 Å². The van der Waals surface area contributed by atoms with Gasteiger partial charge in [0.15, 0.2) is 11.5 Å². The molecule has 0 fully saturated rings. The summed E-state index contributed by atoms with van der Waals surface area (Å²) in [7, 11) is 2.04. The number of aliphatic hydroxyl groups excluding tert-OH is 1. The van der Waals surface area contributed by atoms with Crippen molar-refractivity contribution in [3.63, 3.8) is 0 Å². The molecule has 0 saturated carbocycles. The summed E-state index contributed by atoms with van der Waals surface area (Å²) >= 11 is 0. The van der Waals surface area contributed by atoms with Gasteiger partial charge in [-0.2, -0.15) is 0 Å². The minimum atomic E-state index is -0.660. The fourth-order valence-corrected chi connectivity index (χ4v) is 4.37. The van der Waals surface area contributed by atoms with E-state index in [9.17, 15) is 10.2 Å². The average Bonchev–Trinajstić information content (AvgIpc) is 2.82. The lowest BCUT2D eigenvalue weighted by atomic mass is 9.61. The van der Waals surface area contributed by atoms with Crippen molar-refractivity contribution in [3.05, 3.63) is 42.0 Å². The molecule has 1 aromatic rings. The number of nitrogens with zero attached hydrogens (tertiary/aromatic N) is 1. The Morgan fingerprint density at radius 3 is 2.91 bits per heavy atom. The number of hydrogen-bond donors (Lipinski definition) is 2. The van der Waals surface area contributed by atoms with Gasteiger partial charge in [0, 0.05) is 35.8 Å². The van der Waals surface area contributed by atoms with E-state index in [1.54, 1.807) is 6.07 Å². The zero-order valence-electron chi connectivity index (χ0n) is 12.9. The third-order valence-corrected chi connectivity index (χ3v) is 5.71. The number of aromatic hydroxyl groups is 1. The van der Waals surface area contributed by atoms with E-state index in [1.165, 1.54) is 0 Å². The first kappa shape index (κ1) is 13.7. The number of phenolic OH excluding ortho intramolecular Hbond substituents is 1.